The minimum atomic E-state index is -0.952. The number of rotatable bonds is 8. The predicted molar refractivity (Wildman–Crippen MR) is 155 cm³/mol. The number of aliphatic imine (C=N–C) groups is 1. The summed E-state index contributed by atoms with van der Waals surface area (Å²) in [6.45, 7) is 6.98. The Balaban J connectivity index is 1.46. The van der Waals surface area contributed by atoms with Gasteiger partial charge in [-0.15, -0.1) is 0 Å². The summed E-state index contributed by atoms with van der Waals surface area (Å²) < 4.78 is 0. The van der Waals surface area contributed by atoms with E-state index in [2.05, 4.69) is 31.0 Å². The van der Waals surface area contributed by atoms with E-state index in [1.54, 1.807) is 12.1 Å². The predicted octanol–water partition coefficient (Wildman–Crippen LogP) is 5.12. The molecule has 0 saturated heterocycles. The van der Waals surface area contributed by atoms with E-state index in [0.29, 0.717) is 28.8 Å². The second-order valence-corrected chi connectivity index (χ2v) is 12.9. The fraction of sp³-hybridized carbons (Fsp3) is 0.562. The van der Waals surface area contributed by atoms with E-state index in [9.17, 15) is 14.4 Å². The lowest BCUT2D eigenvalue weighted by Gasteiger charge is -2.47. The number of amides is 2. The number of aliphatic carboxylic acids is 1. The minimum Gasteiger partial charge on any atom is -0.481 e. The molecule has 1 aromatic rings. The quantitative estimate of drug-likeness (QED) is 0.417. The van der Waals surface area contributed by atoms with Gasteiger partial charge in [0, 0.05) is 23.4 Å². The molecule has 4 aliphatic rings. The van der Waals surface area contributed by atoms with Crippen molar-refractivity contribution in [2.45, 2.75) is 90.3 Å². The molecule has 0 bridgehead atoms. The molecule has 3 aliphatic carbocycles. The van der Waals surface area contributed by atoms with Crippen LogP contribution in [0.3, 0.4) is 0 Å². The molecule has 1 aromatic carbocycles. The van der Waals surface area contributed by atoms with Gasteiger partial charge in [-0.2, -0.15) is 0 Å². The molecule has 8 nitrogen and oxygen atoms in total. The Labute approximate surface area is 236 Å². The monoisotopic (exact) mass is 546 g/mol. The largest absolute Gasteiger partial charge is 0.481 e. The molecule has 40 heavy (non-hydrogen) atoms. The Bertz CT molecular complexity index is 1260. The summed E-state index contributed by atoms with van der Waals surface area (Å²) in [4.78, 5) is 45.1. The second-order valence-electron chi connectivity index (χ2n) is 12.9. The van der Waals surface area contributed by atoms with Gasteiger partial charge in [-0.3, -0.25) is 19.4 Å². The van der Waals surface area contributed by atoms with Crippen molar-refractivity contribution >= 4 is 23.5 Å². The fourth-order valence-electron chi connectivity index (χ4n) is 6.69. The lowest BCUT2D eigenvalue weighted by Crippen LogP contribution is -2.52. The maximum absolute atomic E-state index is 14.4. The molecule has 1 unspecified atom stereocenters. The number of nitrogens with zero attached hydrogens (tertiary/aromatic N) is 2. The van der Waals surface area contributed by atoms with Crippen molar-refractivity contribution in [2.75, 3.05) is 6.54 Å². The summed E-state index contributed by atoms with van der Waals surface area (Å²) in [6.07, 6.45) is 11.2. The smallest absolute Gasteiger partial charge is 0.305 e. The lowest BCUT2D eigenvalue weighted by molar-refractivity contribution is -0.137. The molecular weight excluding hydrogens is 504 g/mol. The molecule has 0 radical (unpaired) electrons. The van der Waals surface area contributed by atoms with Gasteiger partial charge < -0.3 is 21.1 Å². The molecule has 214 valence electrons. The molecule has 1 heterocycles. The van der Waals surface area contributed by atoms with Crippen LogP contribution in [0.4, 0.5) is 0 Å². The highest BCUT2D eigenvalue weighted by molar-refractivity contribution is 6.47. The molecule has 2 saturated carbocycles. The Morgan fingerprint density at radius 3 is 2.40 bits per heavy atom. The van der Waals surface area contributed by atoms with Crippen molar-refractivity contribution < 1.29 is 19.5 Å². The zero-order valence-electron chi connectivity index (χ0n) is 23.9. The highest BCUT2D eigenvalue weighted by Gasteiger charge is 2.55. The van der Waals surface area contributed by atoms with Crippen molar-refractivity contribution in [3.63, 3.8) is 0 Å². The van der Waals surface area contributed by atoms with E-state index in [1.807, 2.05) is 24.3 Å². The van der Waals surface area contributed by atoms with E-state index in [0.717, 1.165) is 62.5 Å². The topological polar surface area (TPSA) is 125 Å². The third-order valence-electron chi connectivity index (χ3n) is 9.18. The third-order valence-corrected chi connectivity index (χ3v) is 9.18. The van der Waals surface area contributed by atoms with Gasteiger partial charge >= 0.3 is 5.97 Å². The van der Waals surface area contributed by atoms with Gasteiger partial charge in [0.05, 0.1) is 12.5 Å². The van der Waals surface area contributed by atoms with Crippen LogP contribution in [0, 0.1) is 17.3 Å². The molecule has 2 fully saturated rings. The number of nitrogens with one attached hydrogen (secondary N) is 1. The van der Waals surface area contributed by atoms with Crippen molar-refractivity contribution in [3.8, 4) is 0 Å². The van der Waals surface area contributed by atoms with Crippen LogP contribution in [0.1, 0.15) is 101 Å². The number of carboxylic acids is 1. The highest BCUT2D eigenvalue weighted by atomic mass is 16.4. The molecule has 1 atom stereocenters. The number of benzene rings is 1. The van der Waals surface area contributed by atoms with E-state index in [4.69, 9.17) is 15.8 Å². The van der Waals surface area contributed by atoms with Gasteiger partial charge in [0.15, 0.2) is 0 Å². The van der Waals surface area contributed by atoms with Gasteiger partial charge in [-0.25, -0.2) is 0 Å². The molecule has 1 aliphatic heterocycles. The zero-order chi connectivity index (χ0) is 28.7. The number of allylic oxidation sites excluding steroid dienone is 2. The Kier molecular flexibility index (Phi) is 7.64. The van der Waals surface area contributed by atoms with Crippen LogP contribution in [0.25, 0.3) is 0 Å². The Morgan fingerprint density at radius 2 is 1.82 bits per heavy atom. The Morgan fingerprint density at radius 1 is 1.15 bits per heavy atom. The number of hydrogen-bond donors (Lipinski definition) is 3. The van der Waals surface area contributed by atoms with E-state index in [1.165, 1.54) is 0 Å². The molecule has 5 rings (SSSR count). The van der Waals surface area contributed by atoms with Gasteiger partial charge in [0.1, 0.15) is 11.4 Å². The number of carbonyl (C=O) groups excluding carboxylic acids is 2. The first-order chi connectivity index (χ1) is 19.0. The third kappa shape index (κ3) is 5.58. The standard InChI is InChI=1S/C32H42N4O4/c1-31(2,3)23-14-17-32(18-15-23)35-27(24-6-4-5-7-25(24)33)30(40)36(32)28(20-8-9-20)21-10-12-22(13-11-21)29(39)34-19-16-26(37)38/h5,7,10-13,20,23,28H,4,6,8-9,14-19,33H2,1-3H3,(H,34,39)(H,37,38). The normalized spacial score (nSPS) is 25.8. The fourth-order valence-corrected chi connectivity index (χ4v) is 6.69. The first kappa shape index (κ1) is 28.1. The molecule has 4 N–H and O–H groups in total. The number of nitrogens with two attached hydrogens (primary N) is 1. The van der Waals surface area contributed by atoms with Crippen LogP contribution in [0.2, 0.25) is 0 Å². The van der Waals surface area contributed by atoms with Crippen LogP contribution in [0.15, 0.2) is 52.7 Å². The summed E-state index contributed by atoms with van der Waals surface area (Å²) in [7, 11) is 0. The highest BCUT2D eigenvalue weighted by Crippen LogP contribution is 2.54. The van der Waals surface area contributed by atoms with Gasteiger partial charge in [-0.1, -0.05) is 39.0 Å². The van der Waals surface area contributed by atoms with Crippen LogP contribution in [-0.4, -0.2) is 45.7 Å². The Hall–Kier alpha value is -3.42. The first-order valence-corrected chi connectivity index (χ1v) is 14.7. The molecule has 8 heteroatoms. The SMILES string of the molecule is CC(C)(C)C1CCC2(CC1)N=C(C1=C(N)C=CCC1)C(=O)N2C(c1ccc(C(=O)NCCC(=O)O)cc1)C1CC1. The maximum atomic E-state index is 14.4. The first-order valence-electron chi connectivity index (χ1n) is 14.7. The summed E-state index contributed by atoms with van der Waals surface area (Å²) in [5, 5.41) is 11.5. The van der Waals surface area contributed by atoms with E-state index in [-0.39, 0.29) is 36.2 Å². The van der Waals surface area contributed by atoms with Crippen LogP contribution >= 0.6 is 0 Å². The summed E-state index contributed by atoms with van der Waals surface area (Å²) in [5.41, 5.74) is 9.55. The van der Waals surface area contributed by atoms with Crippen molar-refractivity contribution in [1.29, 1.82) is 0 Å². The zero-order valence-corrected chi connectivity index (χ0v) is 23.9. The maximum Gasteiger partial charge on any atom is 0.305 e. The average molecular weight is 547 g/mol. The van der Waals surface area contributed by atoms with Crippen LogP contribution in [-0.2, 0) is 9.59 Å². The van der Waals surface area contributed by atoms with E-state index >= 15 is 0 Å². The lowest BCUT2D eigenvalue weighted by atomic mass is 9.69. The van der Waals surface area contributed by atoms with E-state index < -0.39 is 11.6 Å². The van der Waals surface area contributed by atoms with Gasteiger partial charge in [-0.05, 0) is 92.4 Å². The number of carboxylic acid groups (broad SMARTS) is 1. The molecule has 0 aromatic heterocycles. The van der Waals surface area contributed by atoms with Crippen LogP contribution in [0.5, 0.6) is 0 Å². The van der Waals surface area contributed by atoms with Crippen molar-refractivity contribution in [2.24, 2.45) is 28.0 Å². The summed E-state index contributed by atoms with van der Waals surface area (Å²) in [6, 6.07) is 7.33. The number of hydrogen-bond acceptors (Lipinski definition) is 5. The number of carbonyl (C=O) groups is 3. The van der Waals surface area contributed by atoms with Crippen LogP contribution < -0.4 is 11.1 Å². The average Bonchev–Trinajstić information content (AvgIpc) is 3.71. The molecule has 1 spiro atoms. The van der Waals surface area contributed by atoms with Crippen molar-refractivity contribution in [1.82, 2.24) is 10.2 Å². The summed E-state index contributed by atoms with van der Waals surface area (Å²) >= 11 is 0. The van der Waals surface area contributed by atoms with Gasteiger partial charge in [0.25, 0.3) is 11.8 Å². The van der Waals surface area contributed by atoms with Gasteiger partial charge in [0.2, 0.25) is 0 Å². The molecule has 2 amide bonds. The molecular formula is C32H42N4O4. The minimum absolute atomic E-state index is 0.0187. The summed E-state index contributed by atoms with van der Waals surface area (Å²) in [5.74, 6) is -0.344. The van der Waals surface area contributed by atoms with Crippen molar-refractivity contribution in [3.05, 3.63) is 58.8 Å². The second kappa shape index (κ2) is 10.9.